The summed E-state index contributed by atoms with van der Waals surface area (Å²) in [6.07, 6.45) is 2.51. The molecule has 0 unspecified atom stereocenters. The fourth-order valence-corrected chi connectivity index (χ4v) is 4.91. The van der Waals surface area contributed by atoms with Gasteiger partial charge in [-0.05, 0) is 55.0 Å². The summed E-state index contributed by atoms with van der Waals surface area (Å²) in [5.41, 5.74) is 3.21. The number of carbonyl (C=O) groups excluding carboxylic acids is 1. The third kappa shape index (κ3) is 3.64. The van der Waals surface area contributed by atoms with Gasteiger partial charge in [0.1, 0.15) is 11.6 Å². The van der Waals surface area contributed by atoms with Gasteiger partial charge in [-0.1, -0.05) is 24.3 Å². The molecule has 1 aliphatic carbocycles. The molecule has 0 radical (unpaired) electrons. The lowest BCUT2D eigenvalue weighted by Crippen LogP contribution is -2.38. The normalized spacial score (nSPS) is 25.8. The molecule has 5 rings (SSSR count). The number of rotatable bonds is 5. The van der Waals surface area contributed by atoms with Gasteiger partial charge >= 0.3 is 0 Å². The molecule has 2 aliphatic heterocycles. The fourth-order valence-electron chi connectivity index (χ4n) is 4.91. The van der Waals surface area contributed by atoms with Crippen LogP contribution in [0.2, 0.25) is 0 Å². The van der Waals surface area contributed by atoms with E-state index in [0.29, 0.717) is 25.6 Å². The van der Waals surface area contributed by atoms with Crippen molar-refractivity contribution in [1.82, 2.24) is 10.2 Å². The van der Waals surface area contributed by atoms with Crippen molar-refractivity contribution in [3.8, 4) is 5.75 Å². The number of hydrogen-bond donors (Lipinski definition) is 1. The number of hydrogen-bond acceptors (Lipinski definition) is 3. The van der Waals surface area contributed by atoms with E-state index in [1.807, 2.05) is 12.1 Å². The Morgan fingerprint density at radius 2 is 2.07 bits per heavy atom. The van der Waals surface area contributed by atoms with Gasteiger partial charge in [0.2, 0.25) is 5.91 Å². The van der Waals surface area contributed by atoms with Crippen LogP contribution in [0.4, 0.5) is 4.39 Å². The summed E-state index contributed by atoms with van der Waals surface area (Å²) in [4.78, 5) is 15.5. The van der Waals surface area contributed by atoms with Gasteiger partial charge in [0.05, 0.1) is 12.5 Å². The van der Waals surface area contributed by atoms with Gasteiger partial charge in [0.25, 0.3) is 0 Å². The lowest BCUT2D eigenvalue weighted by atomic mass is 9.84. The molecule has 5 heteroatoms. The molecule has 1 saturated carbocycles. The Hall–Kier alpha value is -2.40. The molecular weight excluding hydrogens is 367 g/mol. The zero-order chi connectivity index (χ0) is 20.0. The molecule has 3 atom stereocenters. The van der Waals surface area contributed by atoms with E-state index in [9.17, 15) is 9.18 Å². The molecule has 2 aromatic rings. The highest BCUT2D eigenvalue weighted by Crippen LogP contribution is 2.49. The number of benzene rings is 2. The smallest absolute Gasteiger partial charge is 0.225 e. The number of halogens is 1. The van der Waals surface area contributed by atoms with Gasteiger partial charge < -0.3 is 10.1 Å². The molecule has 4 nitrogen and oxygen atoms in total. The summed E-state index contributed by atoms with van der Waals surface area (Å²) in [6.45, 7) is 4.80. The Balaban J connectivity index is 1.37. The zero-order valence-electron chi connectivity index (χ0n) is 16.7. The van der Waals surface area contributed by atoms with Crippen LogP contribution in [0.25, 0.3) is 0 Å². The van der Waals surface area contributed by atoms with Crippen molar-refractivity contribution in [2.75, 3.05) is 19.7 Å². The first-order chi connectivity index (χ1) is 14.1. The third-order valence-corrected chi connectivity index (χ3v) is 6.71. The van der Waals surface area contributed by atoms with Crippen LogP contribution in [-0.2, 0) is 11.3 Å². The first-order valence-electron chi connectivity index (χ1n) is 10.6. The maximum absolute atomic E-state index is 14.0. The Morgan fingerprint density at radius 3 is 2.86 bits per heavy atom. The summed E-state index contributed by atoms with van der Waals surface area (Å²) >= 11 is 0. The Kier molecular flexibility index (Phi) is 4.78. The Labute approximate surface area is 171 Å². The lowest BCUT2D eigenvalue weighted by molar-refractivity contribution is -0.126. The van der Waals surface area contributed by atoms with E-state index in [1.165, 1.54) is 24.5 Å². The minimum Gasteiger partial charge on any atom is -0.493 e. The molecular formula is C24H27FN2O2. The fraction of sp³-hybridized carbons (Fsp3) is 0.458. The first-order valence-corrected chi connectivity index (χ1v) is 10.6. The number of nitrogens with one attached hydrogen (secondary N) is 1. The number of ether oxygens (including phenoxy) is 1. The number of fused-ring (bicyclic) bond motifs is 3. The van der Waals surface area contributed by atoms with Crippen LogP contribution in [0.1, 0.15) is 35.6 Å². The minimum absolute atomic E-state index is 0.0555. The molecule has 0 aromatic heterocycles. The van der Waals surface area contributed by atoms with Gasteiger partial charge in [-0.25, -0.2) is 4.39 Å². The zero-order valence-corrected chi connectivity index (χ0v) is 16.7. The molecule has 0 bridgehead atoms. The third-order valence-electron chi connectivity index (χ3n) is 6.71. The van der Waals surface area contributed by atoms with Gasteiger partial charge in [-0.3, -0.25) is 9.69 Å². The van der Waals surface area contributed by atoms with E-state index in [1.54, 1.807) is 12.1 Å². The van der Waals surface area contributed by atoms with Gasteiger partial charge in [0, 0.05) is 37.2 Å². The van der Waals surface area contributed by atoms with Crippen LogP contribution in [0.5, 0.6) is 5.75 Å². The lowest BCUT2D eigenvalue weighted by Gasteiger charge is -2.34. The average molecular weight is 394 g/mol. The average Bonchev–Trinajstić information content (AvgIpc) is 3.46. The van der Waals surface area contributed by atoms with E-state index in [4.69, 9.17) is 4.74 Å². The number of amides is 1. The highest BCUT2D eigenvalue weighted by atomic mass is 19.1. The van der Waals surface area contributed by atoms with E-state index >= 15 is 0 Å². The van der Waals surface area contributed by atoms with Crippen LogP contribution in [0.15, 0.2) is 42.5 Å². The van der Waals surface area contributed by atoms with Crippen LogP contribution in [0, 0.1) is 30.5 Å². The van der Waals surface area contributed by atoms with E-state index in [-0.39, 0.29) is 29.6 Å². The molecule has 1 N–H and O–H groups in total. The molecule has 2 fully saturated rings. The van der Waals surface area contributed by atoms with Crippen LogP contribution < -0.4 is 10.1 Å². The maximum Gasteiger partial charge on any atom is 0.225 e. The quantitative estimate of drug-likeness (QED) is 0.838. The van der Waals surface area contributed by atoms with E-state index in [2.05, 4.69) is 29.3 Å². The molecule has 29 heavy (non-hydrogen) atoms. The van der Waals surface area contributed by atoms with Crippen molar-refractivity contribution in [3.05, 3.63) is 65.0 Å². The summed E-state index contributed by atoms with van der Waals surface area (Å²) in [5.74, 6) is 1.22. The maximum atomic E-state index is 14.0. The Bertz CT molecular complexity index is 927. The number of aryl methyl sites for hydroxylation is 1. The number of carbonyl (C=O) groups is 1. The second-order valence-corrected chi connectivity index (χ2v) is 8.75. The van der Waals surface area contributed by atoms with Crippen LogP contribution in [-0.4, -0.2) is 30.5 Å². The second-order valence-electron chi connectivity index (χ2n) is 8.75. The first kappa shape index (κ1) is 18.6. The molecule has 1 amide bonds. The predicted molar refractivity (Wildman–Crippen MR) is 109 cm³/mol. The van der Waals surface area contributed by atoms with Gasteiger partial charge in [-0.15, -0.1) is 0 Å². The standard InChI is InChI=1S/C24H27FN2O2/c1-15-4-2-3-5-17(15)11-26-24(28)20-13-27(12-16-6-7-16)23-19-10-18(25)8-9-22(19)29-14-21(20)23/h2-5,8-10,16,20-21,23H,6-7,11-14H2,1H3,(H,26,28)/t20-,21+,23+/m1/s1. The SMILES string of the molecule is Cc1ccccc1CNC(=O)[C@@H]1CN(CC2CC2)[C@H]2c3cc(F)ccc3OC[C@@H]12. The van der Waals surface area contributed by atoms with Crippen molar-refractivity contribution < 1.29 is 13.9 Å². The number of nitrogens with zero attached hydrogens (tertiary/aromatic N) is 1. The van der Waals surface area contributed by atoms with Crippen molar-refractivity contribution >= 4 is 5.91 Å². The summed E-state index contributed by atoms with van der Waals surface area (Å²) in [7, 11) is 0. The van der Waals surface area contributed by atoms with Crippen molar-refractivity contribution in [2.45, 2.75) is 32.4 Å². The van der Waals surface area contributed by atoms with E-state index in [0.717, 1.165) is 23.4 Å². The largest absolute Gasteiger partial charge is 0.493 e. The van der Waals surface area contributed by atoms with E-state index < -0.39 is 0 Å². The van der Waals surface area contributed by atoms with Crippen LogP contribution >= 0.6 is 0 Å². The summed E-state index contributed by atoms with van der Waals surface area (Å²) < 4.78 is 20.0. The highest BCUT2D eigenvalue weighted by Gasteiger charge is 2.49. The van der Waals surface area contributed by atoms with Gasteiger partial charge in [-0.2, -0.15) is 0 Å². The Morgan fingerprint density at radius 1 is 1.24 bits per heavy atom. The molecule has 3 aliphatic rings. The van der Waals surface area contributed by atoms with Crippen molar-refractivity contribution in [2.24, 2.45) is 17.8 Å². The molecule has 2 heterocycles. The molecule has 152 valence electrons. The predicted octanol–water partition coefficient (Wildman–Crippen LogP) is 3.84. The summed E-state index contributed by atoms with van der Waals surface area (Å²) in [6, 6.07) is 12.9. The van der Waals surface area contributed by atoms with Crippen LogP contribution in [0.3, 0.4) is 0 Å². The second kappa shape index (κ2) is 7.45. The summed E-state index contributed by atoms with van der Waals surface area (Å²) in [5, 5.41) is 3.14. The molecule has 0 spiro atoms. The number of likely N-dealkylation sites (tertiary alicyclic amines) is 1. The van der Waals surface area contributed by atoms with Crippen molar-refractivity contribution in [3.63, 3.8) is 0 Å². The van der Waals surface area contributed by atoms with Gasteiger partial charge in [0.15, 0.2) is 0 Å². The highest BCUT2D eigenvalue weighted by molar-refractivity contribution is 5.80. The molecule has 2 aromatic carbocycles. The minimum atomic E-state index is -0.244. The van der Waals surface area contributed by atoms with Crippen molar-refractivity contribution in [1.29, 1.82) is 0 Å². The molecule has 1 saturated heterocycles. The topological polar surface area (TPSA) is 41.6 Å². The monoisotopic (exact) mass is 394 g/mol.